The predicted octanol–water partition coefficient (Wildman–Crippen LogP) is -0.269. The second kappa shape index (κ2) is 2.64. The van der Waals surface area contributed by atoms with Crippen molar-refractivity contribution in [1.82, 2.24) is 4.31 Å². The third-order valence-electron chi connectivity index (χ3n) is 3.37. The number of rotatable bonds is 1. The van der Waals surface area contributed by atoms with Crippen molar-refractivity contribution in [3.8, 4) is 12.3 Å². The molecular formula is C10H11NO3S. The van der Waals surface area contributed by atoms with Gasteiger partial charge in [0.15, 0.2) is 0 Å². The molecule has 1 spiro atoms. The lowest BCUT2D eigenvalue weighted by Crippen LogP contribution is -2.36. The summed E-state index contributed by atoms with van der Waals surface area (Å²) in [5.74, 6) is 2.38. The molecule has 4 nitrogen and oxygen atoms in total. The first kappa shape index (κ1) is 9.40. The molecule has 2 bridgehead atoms. The lowest BCUT2D eigenvalue weighted by Gasteiger charge is -2.18. The molecule has 0 N–H and O–H groups in total. The number of fused-ring (bicyclic) bond motifs is 1. The van der Waals surface area contributed by atoms with Gasteiger partial charge in [-0.2, -0.15) is 4.31 Å². The molecular weight excluding hydrogens is 214 g/mol. The van der Waals surface area contributed by atoms with Crippen LogP contribution in [0.1, 0.15) is 6.42 Å². The Morgan fingerprint density at radius 1 is 1.67 bits per heavy atom. The van der Waals surface area contributed by atoms with Gasteiger partial charge in [0, 0.05) is 6.54 Å². The Morgan fingerprint density at radius 3 is 3.07 bits per heavy atom. The quantitative estimate of drug-likeness (QED) is 0.456. The zero-order chi connectivity index (χ0) is 10.7. The first-order valence-electron chi connectivity index (χ1n) is 4.88. The van der Waals surface area contributed by atoms with Gasteiger partial charge >= 0.3 is 0 Å². The summed E-state index contributed by atoms with van der Waals surface area (Å²) in [6, 6.07) is 0. The fourth-order valence-corrected chi connectivity index (χ4v) is 4.85. The Balaban J connectivity index is 2.04. The Labute approximate surface area is 89.0 Å². The lowest BCUT2D eigenvalue weighted by molar-refractivity contribution is 0.0317. The minimum Gasteiger partial charge on any atom is -0.361 e. The van der Waals surface area contributed by atoms with E-state index in [9.17, 15) is 8.42 Å². The van der Waals surface area contributed by atoms with Gasteiger partial charge in [-0.15, -0.1) is 6.42 Å². The summed E-state index contributed by atoms with van der Waals surface area (Å²) in [4.78, 5) is 0. The van der Waals surface area contributed by atoms with Crippen LogP contribution in [0.15, 0.2) is 12.2 Å². The first-order valence-corrected chi connectivity index (χ1v) is 6.38. The summed E-state index contributed by atoms with van der Waals surface area (Å²) in [5.41, 5.74) is -0.611. The van der Waals surface area contributed by atoms with E-state index in [1.54, 1.807) is 0 Å². The van der Waals surface area contributed by atoms with Crippen LogP contribution < -0.4 is 0 Å². The topological polar surface area (TPSA) is 46.6 Å². The minimum absolute atomic E-state index is 0.0160. The maximum absolute atomic E-state index is 12.1. The highest BCUT2D eigenvalue weighted by Crippen LogP contribution is 2.47. The van der Waals surface area contributed by atoms with Crippen molar-refractivity contribution in [3.63, 3.8) is 0 Å². The number of hydrogen-bond donors (Lipinski definition) is 0. The monoisotopic (exact) mass is 225 g/mol. The number of terminal acetylenes is 1. The van der Waals surface area contributed by atoms with E-state index in [0.717, 1.165) is 0 Å². The molecule has 0 aromatic rings. The molecule has 2 saturated heterocycles. The third kappa shape index (κ3) is 1.02. The van der Waals surface area contributed by atoms with E-state index >= 15 is 0 Å². The average Bonchev–Trinajstić information content (AvgIpc) is 2.78. The van der Waals surface area contributed by atoms with Crippen molar-refractivity contribution in [2.24, 2.45) is 0 Å². The van der Waals surface area contributed by atoms with Crippen LogP contribution in [0.4, 0.5) is 0 Å². The molecule has 0 amide bonds. The molecule has 0 aliphatic carbocycles. The molecule has 0 aromatic heterocycles. The van der Waals surface area contributed by atoms with E-state index in [1.807, 2.05) is 12.2 Å². The summed E-state index contributed by atoms with van der Waals surface area (Å²) in [7, 11) is -3.25. The molecule has 0 unspecified atom stereocenters. The van der Waals surface area contributed by atoms with Crippen LogP contribution in [0.3, 0.4) is 0 Å². The van der Waals surface area contributed by atoms with Crippen LogP contribution in [0, 0.1) is 12.3 Å². The maximum Gasteiger partial charge on any atom is 0.221 e. The Bertz CT molecular complexity index is 475. The van der Waals surface area contributed by atoms with E-state index in [2.05, 4.69) is 5.92 Å². The molecule has 0 aromatic carbocycles. The highest BCUT2D eigenvalue weighted by atomic mass is 32.2. The summed E-state index contributed by atoms with van der Waals surface area (Å²) < 4.78 is 31.2. The second-order valence-corrected chi connectivity index (χ2v) is 6.33. The Morgan fingerprint density at radius 2 is 2.47 bits per heavy atom. The molecule has 0 radical (unpaired) electrons. The van der Waals surface area contributed by atoms with E-state index < -0.39 is 20.9 Å². The van der Waals surface area contributed by atoms with Crippen LogP contribution in [0.2, 0.25) is 0 Å². The fraction of sp³-hybridized carbons (Fsp3) is 0.600. The minimum atomic E-state index is -3.25. The number of hydrogen-bond acceptors (Lipinski definition) is 3. The van der Waals surface area contributed by atoms with E-state index in [-0.39, 0.29) is 12.6 Å². The standard InChI is InChI=1S/C10H11NO3S/c1-2-5-11-7-10-4-3-8(14-10)6-9(10)15(11,12)13/h1,3-4,8-9H,5-7H2/t8-,9-,10-/m0/s1. The zero-order valence-corrected chi connectivity index (χ0v) is 8.90. The van der Waals surface area contributed by atoms with E-state index in [4.69, 9.17) is 11.2 Å². The van der Waals surface area contributed by atoms with Crippen LogP contribution in [0.5, 0.6) is 0 Å². The van der Waals surface area contributed by atoms with Crippen molar-refractivity contribution in [2.45, 2.75) is 23.4 Å². The molecule has 3 heterocycles. The maximum atomic E-state index is 12.1. The van der Waals surface area contributed by atoms with Crippen LogP contribution in [0.25, 0.3) is 0 Å². The second-order valence-electron chi connectivity index (χ2n) is 4.21. The van der Waals surface area contributed by atoms with Gasteiger partial charge in [-0.1, -0.05) is 18.1 Å². The predicted molar refractivity (Wildman–Crippen MR) is 54.5 cm³/mol. The molecule has 3 atom stereocenters. The zero-order valence-electron chi connectivity index (χ0n) is 8.09. The third-order valence-corrected chi connectivity index (χ3v) is 5.65. The van der Waals surface area contributed by atoms with Crippen LogP contribution in [-0.2, 0) is 14.8 Å². The lowest BCUT2D eigenvalue weighted by atomic mass is 9.94. The molecule has 2 fully saturated rings. The van der Waals surface area contributed by atoms with Crippen molar-refractivity contribution in [3.05, 3.63) is 12.2 Å². The summed E-state index contributed by atoms with van der Waals surface area (Å²) in [6.07, 6.45) is 9.55. The van der Waals surface area contributed by atoms with E-state index in [0.29, 0.717) is 13.0 Å². The van der Waals surface area contributed by atoms with Gasteiger partial charge in [0.2, 0.25) is 10.0 Å². The number of sulfonamides is 1. The van der Waals surface area contributed by atoms with Gasteiger partial charge in [0.1, 0.15) is 10.9 Å². The normalized spacial score (nSPS) is 45.5. The van der Waals surface area contributed by atoms with Gasteiger partial charge in [0.05, 0.1) is 12.6 Å². The molecule has 15 heavy (non-hydrogen) atoms. The molecule has 0 saturated carbocycles. The summed E-state index contributed by atoms with van der Waals surface area (Å²) >= 11 is 0. The molecule has 3 aliphatic rings. The van der Waals surface area contributed by atoms with Crippen molar-refractivity contribution in [1.29, 1.82) is 0 Å². The number of nitrogens with zero attached hydrogens (tertiary/aromatic N) is 1. The van der Waals surface area contributed by atoms with Gasteiger partial charge in [-0.05, 0) is 6.42 Å². The SMILES string of the molecule is C#CCN1C[C@@]23C=C[C@@H](C[C@@H]2S1(=O)=O)O3. The van der Waals surface area contributed by atoms with Gasteiger partial charge < -0.3 is 4.74 Å². The average molecular weight is 225 g/mol. The van der Waals surface area contributed by atoms with Crippen molar-refractivity contribution < 1.29 is 13.2 Å². The number of ether oxygens (including phenoxy) is 1. The fourth-order valence-electron chi connectivity index (χ4n) is 2.71. The molecule has 80 valence electrons. The van der Waals surface area contributed by atoms with Gasteiger partial charge in [-0.25, -0.2) is 8.42 Å². The Hall–Kier alpha value is -0.830. The first-order chi connectivity index (χ1) is 7.08. The van der Waals surface area contributed by atoms with Crippen molar-refractivity contribution in [2.75, 3.05) is 13.1 Å². The largest absolute Gasteiger partial charge is 0.361 e. The molecule has 3 rings (SSSR count). The highest BCUT2D eigenvalue weighted by Gasteiger charge is 2.63. The van der Waals surface area contributed by atoms with Crippen LogP contribution >= 0.6 is 0 Å². The van der Waals surface area contributed by atoms with Crippen molar-refractivity contribution >= 4 is 10.0 Å². The van der Waals surface area contributed by atoms with Gasteiger partial charge in [-0.3, -0.25) is 0 Å². The highest BCUT2D eigenvalue weighted by molar-refractivity contribution is 7.90. The van der Waals surface area contributed by atoms with E-state index in [1.165, 1.54) is 4.31 Å². The molecule has 3 aliphatic heterocycles. The summed E-state index contributed by atoms with van der Waals surface area (Å²) in [6.45, 7) is 0.514. The summed E-state index contributed by atoms with van der Waals surface area (Å²) in [5, 5.41) is -0.423. The molecule has 5 heteroatoms. The Kier molecular flexibility index (Phi) is 1.66. The smallest absolute Gasteiger partial charge is 0.221 e. The van der Waals surface area contributed by atoms with Gasteiger partial charge in [0.25, 0.3) is 0 Å². The van der Waals surface area contributed by atoms with Crippen LogP contribution in [-0.4, -0.2) is 42.8 Å².